The lowest BCUT2D eigenvalue weighted by molar-refractivity contribution is 1.19. The van der Waals surface area contributed by atoms with E-state index in [0.29, 0.717) is 0 Å². The van der Waals surface area contributed by atoms with Crippen molar-refractivity contribution >= 4 is 11.3 Å². The van der Waals surface area contributed by atoms with Crippen LogP contribution in [0.1, 0.15) is 10.6 Å². The molecule has 0 bridgehead atoms. The van der Waals surface area contributed by atoms with Crippen molar-refractivity contribution in [1.29, 1.82) is 0 Å². The van der Waals surface area contributed by atoms with Crippen LogP contribution in [0.15, 0.2) is 28.4 Å². The Kier molecular flexibility index (Phi) is 2.25. The van der Waals surface area contributed by atoms with Gasteiger partial charge in [0.2, 0.25) is 0 Å². The highest BCUT2D eigenvalue weighted by Gasteiger charge is 2.04. The number of H-pyrrole nitrogens is 1. The monoisotopic (exact) mass is 205 g/mol. The first-order valence-electron chi connectivity index (χ1n) is 4.42. The maximum Gasteiger partial charge on any atom is 0.182 e. The van der Waals surface area contributed by atoms with Crippen LogP contribution in [-0.4, -0.2) is 4.98 Å². The molecule has 3 heteroatoms. The number of pyridine rings is 1. The van der Waals surface area contributed by atoms with E-state index in [-0.39, 0.29) is 5.43 Å². The summed E-state index contributed by atoms with van der Waals surface area (Å²) in [6, 6.07) is 5.28. The van der Waals surface area contributed by atoms with Crippen molar-refractivity contribution in [3.8, 4) is 11.3 Å². The van der Waals surface area contributed by atoms with Gasteiger partial charge in [-0.3, -0.25) is 4.79 Å². The van der Waals surface area contributed by atoms with E-state index in [1.807, 2.05) is 18.4 Å². The number of nitrogens with one attached hydrogen (secondary N) is 1. The predicted molar refractivity (Wildman–Crippen MR) is 59.8 cm³/mol. The Labute approximate surface area is 86.2 Å². The highest BCUT2D eigenvalue weighted by atomic mass is 32.1. The minimum absolute atomic E-state index is 0.0573. The van der Waals surface area contributed by atoms with Crippen LogP contribution in [0.3, 0.4) is 0 Å². The average Bonchev–Trinajstić information content (AvgIpc) is 2.49. The maximum atomic E-state index is 11.3. The quantitative estimate of drug-likeness (QED) is 0.763. The summed E-state index contributed by atoms with van der Waals surface area (Å²) < 4.78 is 0. The van der Waals surface area contributed by atoms with E-state index in [1.54, 1.807) is 23.5 Å². The molecule has 0 spiro atoms. The molecule has 0 aliphatic rings. The Bertz CT molecular complexity index is 510. The molecule has 0 amide bonds. The van der Waals surface area contributed by atoms with Gasteiger partial charge >= 0.3 is 0 Å². The lowest BCUT2D eigenvalue weighted by Gasteiger charge is -2.01. The Hall–Kier alpha value is -1.35. The summed E-state index contributed by atoms with van der Waals surface area (Å²) in [5, 5.41) is 2.03. The molecule has 0 saturated carbocycles. The largest absolute Gasteiger partial charge is 0.358 e. The molecule has 0 aliphatic heterocycles. The molecule has 0 unspecified atom stereocenters. The van der Waals surface area contributed by atoms with E-state index < -0.39 is 0 Å². The van der Waals surface area contributed by atoms with E-state index in [2.05, 4.69) is 11.9 Å². The molecule has 14 heavy (non-hydrogen) atoms. The Balaban J connectivity index is 2.63. The fraction of sp³-hybridized carbons (Fsp3) is 0.182. The van der Waals surface area contributed by atoms with Crippen LogP contribution in [0.5, 0.6) is 0 Å². The average molecular weight is 205 g/mol. The van der Waals surface area contributed by atoms with E-state index >= 15 is 0 Å². The third kappa shape index (κ3) is 1.63. The van der Waals surface area contributed by atoms with Gasteiger partial charge in [-0.1, -0.05) is 0 Å². The van der Waals surface area contributed by atoms with Gasteiger partial charge in [-0.2, -0.15) is 0 Å². The predicted octanol–water partition coefficient (Wildman–Crippen LogP) is 2.72. The molecule has 2 aromatic heterocycles. The number of hydrogen-bond acceptors (Lipinski definition) is 2. The SMILES string of the molecule is Cc1cc(=O)cc(-c2ccsc2C)[nH]1. The van der Waals surface area contributed by atoms with E-state index in [0.717, 1.165) is 17.0 Å². The van der Waals surface area contributed by atoms with Gasteiger partial charge < -0.3 is 4.98 Å². The van der Waals surface area contributed by atoms with E-state index in [1.165, 1.54) is 4.88 Å². The summed E-state index contributed by atoms with van der Waals surface area (Å²) in [5.41, 5.74) is 2.99. The lowest BCUT2D eigenvalue weighted by Crippen LogP contribution is -2.01. The summed E-state index contributed by atoms with van der Waals surface area (Å²) in [5.74, 6) is 0. The van der Waals surface area contributed by atoms with E-state index in [9.17, 15) is 4.79 Å². The molecule has 1 N–H and O–H groups in total. The third-order valence-electron chi connectivity index (χ3n) is 2.13. The summed E-state index contributed by atoms with van der Waals surface area (Å²) in [6.07, 6.45) is 0. The number of hydrogen-bond donors (Lipinski definition) is 1. The van der Waals surface area contributed by atoms with Gasteiger partial charge in [0, 0.05) is 28.3 Å². The molecule has 72 valence electrons. The van der Waals surface area contributed by atoms with Crippen molar-refractivity contribution in [1.82, 2.24) is 4.98 Å². The van der Waals surface area contributed by atoms with Crippen molar-refractivity contribution in [2.24, 2.45) is 0 Å². The topological polar surface area (TPSA) is 32.9 Å². The van der Waals surface area contributed by atoms with Crippen molar-refractivity contribution in [2.75, 3.05) is 0 Å². The second-order valence-electron chi connectivity index (χ2n) is 3.30. The van der Waals surface area contributed by atoms with Gasteiger partial charge in [0.25, 0.3) is 0 Å². The fourth-order valence-electron chi connectivity index (χ4n) is 1.49. The Morgan fingerprint density at radius 1 is 1.29 bits per heavy atom. The molecule has 0 atom stereocenters. The van der Waals surface area contributed by atoms with Crippen LogP contribution in [0.25, 0.3) is 11.3 Å². The molecular weight excluding hydrogens is 194 g/mol. The molecule has 2 nitrogen and oxygen atoms in total. The minimum Gasteiger partial charge on any atom is -0.358 e. The zero-order valence-corrected chi connectivity index (χ0v) is 8.94. The fourth-order valence-corrected chi connectivity index (χ4v) is 2.20. The Morgan fingerprint density at radius 2 is 2.07 bits per heavy atom. The summed E-state index contributed by atoms with van der Waals surface area (Å²) in [6.45, 7) is 3.95. The molecule has 0 saturated heterocycles. The number of thiophene rings is 1. The summed E-state index contributed by atoms with van der Waals surface area (Å²) >= 11 is 1.69. The van der Waals surface area contributed by atoms with Crippen LogP contribution in [0.4, 0.5) is 0 Å². The normalized spacial score (nSPS) is 10.4. The van der Waals surface area contributed by atoms with Gasteiger partial charge in [-0.05, 0) is 25.3 Å². The Morgan fingerprint density at radius 3 is 2.64 bits per heavy atom. The van der Waals surface area contributed by atoms with Gasteiger partial charge in [-0.25, -0.2) is 0 Å². The number of aromatic amines is 1. The number of rotatable bonds is 1. The minimum atomic E-state index is 0.0573. The van der Waals surface area contributed by atoms with Crippen LogP contribution in [0.2, 0.25) is 0 Å². The van der Waals surface area contributed by atoms with Crippen molar-refractivity contribution in [3.05, 3.63) is 44.4 Å². The van der Waals surface area contributed by atoms with Crippen LogP contribution < -0.4 is 5.43 Å². The second-order valence-corrected chi connectivity index (χ2v) is 4.42. The van der Waals surface area contributed by atoms with Gasteiger partial charge in [0.05, 0.1) is 5.69 Å². The highest BCUT2D eigenvalue weighted by Crippen LogP contribution is 2.24. The molecule has 2 aromatic rings. The molecule has 2 rings (SSSR count). The lowest BCUT2D eigenvalue weighted by atomic mass is 10.1. The number of aryl methyl sites for hydroxylation is 2. The summed E-state index contributed by atoms with van der Waals surface area (Å²) in [7, 11) is 0. The first-order chi connectivity index (χ1) is 6.66. The molecule has 2 heterocycles. The van der Waals surface area contributed by atoms with Crippen LogP contribution in [-0.2, 0) is 0 Å². The smallest absolute Gasteiger partial charge is 0.182 e. The molecule has 0 aliphatic carbocycles. The third-order valence-corrected chi connectivity index (χ3v) is 2.97. The molecule has 0 aromatic carbocycles. The van der Waals surface area contributed by atoms with Crippen molar-refractivity contribution < 1.29 is 0 Å². The van der Waals surface area contributed by atoms with Crippen LogP contribution in [0, 0.1) is 13.8 Å². The molecule has 0 radical (unpaired) electrons. The molecular formula is C11H11NOS. The maximum absolute atomic E-state index is 11.3. The second kappa shape index (κ2) is 3.42. The molecule has 0 fully saturated rings. The summed E-state index contributed by atoms with van der Waals surface area (Å²) in [4.78, 5) is 15.7. The number of aromatic nitrogens is 1. The zero-order chi connectivity index (χ0) is 10.1. The van der Waals surface area contributed by atoms with Crippen molar-refractivity contribution in [2.45, 2.75) is 13.8 Å². The standard InChI is InChI=1S/C11H11NOS/c1-7-5-9(13)6-11(12-7)10-3-4-14-8(10)2/h3-6H,1-2H3,(H,12,13). The van der Waals surface area contributed by atoms with Crippen molar-refractivity contribution in [3.63, 3.8) is 0 Å². The first-order valence-corrected chi connectivity index (χ1v) is 5.30. The van der Waals surface area contributed by atoms with E-state index in [4.69, 9.17) is 0 Å². The zero-order valence-electron chi connectivity index (χ0n) is 8.13. The highest BCUT2D eigenvalue weighted by molar-refractivity contribution is 7.10. The van der Waals surface area contributed by atoms with Crippen LogP contribution >= 0.6 is 11.3 Å². The van der Waals surface area contributed by atoms with Gasteiger partial charge in [-0.15, -0.1) is 11.3 Å². The first kappa shape index (κ1) is 9.21. The van der Waals surface area contributed by atoms with Gasteiger partial charge in [0.1, 0.15) is 0 Å². The van der Waals surface area contributed by atoms with Gasteiger partial charge in [0.15, 0.2) is 5.43 Å².